The van der Waals surface area contributed by atoms with E-state index in [9.17, 15) is 18.7 Å². The summed E-state index contributed by atoms with van der Waals surface area (Å²) in [5.41, 5.74) is -3.42. The molecule has 0 aliphatic heterocycles. The number of esters is 1. The molecule has 25 heavy (non-hydrogen) atoms. The van der Waals surface area contributed by atoms with Crippen LogP contribution in [-0.4, -0.2) is 30.0 Å². The second-order valence-electron chi connectivity index (χ2n) is 5.09. The maximum Gasteiger partial charge on any atom is 0.350 e. The number of halogens is 2. The van der Waals surface area contributed by atoms with Crippen LogP contribution in [0.25, 0.3) is 0 Å². The van der Waals surface area contributed by atoms with Crippen molar-refractivity contribution in [2.75, 3.05) is 13.7 Å². The summed E-state index contributed by atoms with van der Waals surface area (Å²) in [7, 11) is 1.42. The highest BCUT2D eigenvalue weighted by molar-refractivity contribution is 8.00. The number of hydrogen-bond donors (Lipinski definition) is 1. The van der Waals surface area contributed by atoms with E-state index in [1.165, 1.54) is 50.4 Å². The van der Waals surface area contributed by atoms with E-state index < -0.39 is 16.8 Å². The molecule has 1 N–H and O–H groups in total. The first kappa shape index (κ1) is 19.2. The van der Waals surface area contributed by atoms with Crippen LogP contribution in [0.15, 0.2) is 59.5 Å². The fourth-order valence-electron chi connectivity index (χ4n) is 2.18. The van der Waals surface area contributed by atoms with E-state index in [4.69, 9.17) is 9.47 Å². The van der Waals surface area contributed by atoms with Crippen molar-refractivity contribution >= 4 is 17.7 Å². The van der Waals surface area contributed by atoms with Gasteiger partial charge in [-0.1, -0.05) is 30.3 Å². The molecule has 134 valence electrons. The number of thioether (sulfide) groups is 1. The minimum absolute atomic E-state index is 0.0964. The Morgan fingerprint density at radius 3 is 2.24 bits per heavy atom. The Morgan fingerprint density at radius 1 is 1.12 bits per heavy atom. The Bertz CT molecular complexity index is 707. The summed E-state index contributed by atoms with van der Waals surface area (Å²) in [6.45, 7) is 1.35. The number of rotatable bonds is 7. The van der Waals surface area contributed by atoms with Crippen molar-refractivity contribution in [1.82, 2.24) is 0 Å². The van der Waals surface area contributed by atoms with Gasteiger partial charge in [0.2, 0.25) is 0 Å². The molecule has 0 bridgehead atoms. The third kappa shape index (κ3) is 3.93. The van der Waals surface area contributed by atoms with Crippen LogP contribution in [0.3, 0.4) is 0 Å². The van der Waals surface area contributed by atoms with Crippen LogP contribution in [0, 0.1) is 0 Å². The average Bonchev–Trinajstić information content (AvgIpc) is 2.61. The lowest BCUT2D eigenvalue weighted by Crippen LogP contribution is -2.50. The van der Waals surface area contributed by atoms with Gasteiger partial charge in [0.05, 0.1) is 13.7 Å². The number of benzene rings is 2. The highest BCUT2D eigenvalue weighted by Gasteiger charge is 2.61. The highest BCUT2D eigenvalue weighted by atomic mass is 32.2. The van der Waals surface area contributed by atoms with E-state index in [0.717, 1.165) is 0 Å². The number of methoxy groups -OCH3 is 1. The summed E-state index contributed by atoms with van der Waals surface area (Å²) >= 11 is 0.0964. The molecule has 0 aliphatic rings. The van der Waals surface area contributed by atoms with Crippen molar-refractivity contribution in [2.45, 2.75) is 22.7 Å². The van der Waals surface area contributed by atoms with Crippen molar-refractivity contribution in [2.24, 2.45) is 0 Å². The minimum Gasteiger partial charge on any atom is -0.497 e. The summed E-state index contributed by atoms with van der Waals surface area (Å²) in [5.74, 6) is -0.998. The van der Waals surface area contributed by atoms with Gasteiger partial charge in [0, 0.05) is 10.5 Å². The molecule has 4 nitrogen and oxygen atoms in total. The fraction of sp³-hybridized carbons (Fsp3) is 0.278. The Hall–Kier alpha value is -2.12. The van der Waals surface area contributed by atoms with Gasteiger partial charge in [-0.3, -0.25) is 0 Å². The minimum atomic E-state index is -3.87. The van der Waals surface area contributed by atoms with Crippen molar-refractivity contribution in [3.63, 3.8) is 0 Å². The third-order valence-corrected chi connectivity index (χ3v) is 4.55. The smallest absolute Gasteiger partial charge is 0.350 e. The predicted molar refractivity (Wildman–Crippen MR) is 90.8 cm³/mol. The van der Waals surface area contributed by atoms with Crippen molar-refractivity contribution in [3.8, 4) is 5.75 Å². The average molecular weight is 368 g/mol. The number of aliphatic hydroxyl groups is 1. The molecule has 0 aliphatic carbocycles. The molecule has 0 radical (unpaired) electrons. The van der Waals surface area contributed by atoms with Crippen LogP contribution < -0.4 is 4.74 Å². The number of carbonyl (C=O) groups excluding carboxylic acids is 1. The highest BCUT2D eigenvalue weighted by Crippen LogP contribution is 2.49. The summed E-state index contributed by atoms with van der Waals surface area (Å²) in [6, 6.07) is 13.0. The van der Waals surface area contributed by atoms with Gasteiger partial charge in [0.1, 0.15) is 5.75 Å². The molecule has 7 heteroatoms. The molecule has 2 aromatic rings. The van der Waals surface area contributed by atoms with Crippen molar-refractivity contribution < 1.29 is 28.2 Å². The molecular formula is C18H18F2O4S. The monoisotopic (exact) mass is 368 g/mol. The largest absolute Gasteiger partial charge is 0.497 e. The predicted octanol–water partition coefficient (Wildman–Crippen LogP) is 3.83. The van der Waals surface area contributed by atoms with Crippen LogP contribution in [0.4, 0.5) is 8.78 Å². The van der Waals surface area contributed by atoms with E-state index in [2.05, 4.69) is 0 Å². The quantitative estimate of drug-likeness (QED) is 0.595. The number of ether oxygens (including phenoxy) is 2. The van der Waals surface area contributed by atoms with Gasteiger partial charge < -0.3 is 14.6 Å². The van der Waals surface area contributed by atoms with E-state index in [1.807, 2.05) is 0 Å². The lowest BCUT2D eigenvalue weighted by Gasteiger charge is -2.33. The zero-order chi connectivity index (χ0) is 18.5. The Balaban J connectivity index is 2.47. The zero-order valence-corrected chi connectivity index (χ0v) is 14.6. The molecule has 0 heterocycles. The molecule has 1 unspecified atom stereocenters. The van der Waals surface area contributed by atoms with E-state index in [-0.39, 0.29) is 28.8 Å². The molecule has 0 saturated heterocycles. The van der Waals surface area contributed by atoms with Gasteiger partial charge >= 0.3 is 11.2 Å². The van der Waals surface area contributed by atoms with Crippen LogP contribution >= 0.6 is 11.8 Å². The molecule has 1 atom stereocenters. The maximum absolute atomic E-state index is 15.0. The SMILES string of the molecule is CCOC(=O)C(O)(c1ccc(OC)cc1)C(F)(F)Sc1ccccc1. The molecular weight excluding hydrogens is 350 g/mol. The van der Waals surface area contributed by atoms with Gasteiger partial charge in [-0.15, -0.1) is 0 Å². The van der Waals surface area contributed by atoms with Gasteiger partial charge in [0.25, 0.3) is 5.60 Å². The van der Waals surface area contributed by atoms with Crippen LogP contribution in [0.2, 0.25) is 0 Å². The lowest BCUT2D eigenvalue weighted by molar-refractivity contribution is -0.191. The maximum atomic E-state index is 15.0. The standard InChI is InChI=1S/C18H18F2O4S/c1-3-24-16(21)17(22,13-9-11-14(23-2)12-10-13)18(19,20)25-15-7-5-4-6-8-15/h4-12,22H,3H2,1-2H3. The summed E-state index contributed by atoms with van der Waals surface area (Å²) < 4.78 is 39.7. The van der Waals surface area contributed by atoms with E-state index >= 15 is 0 Å². The number of carbonyl (C=O) groups is 1. The number of alkyl halides is 2. The molecule has 0 saturated carbocycles. The Labute approximate surface area is 148 Å². The van der Waals surface area contributed by atoms with Crippen LogP contribution in [0.1, 0.15) is 12.5 Å². The second-order valence-corrected chi connectivity index (χ2v) is 6.28. The fourth-order valence-corrected chi connectivity index (χ4v) is 3.12. The molecule has 0 fully saturated rings. The molecule has 0 aromatic heterocycles. The van der Waals surface area contributed by atoms with Gasteiger partial charge in [0.15, 0.2) is 0 Å². The normalized spacial score (nSPS) is 13.8. The number of hydrogen-bond acceptors (Lipinski definition) is 5. The molecule has 2 rings (SSSR count). The summed E-state index contributed by atoms with van der Waals surface area (Å²) in [4.78, 5) is 12.5. The molecule has 0 spiro atoms. The Morgan fingerprint density at radius 2 is 1.72 bits per heavy atom. The topological polar surface area (TPSA) is 55.8 Å². The second kappa shape index (κ2) is 7.84. The lowest BCUT2D eigenvalue weighted by atomic mass is 9.94. The summed E-state index contributed by atoms with van der Waals surface area (Å²) in [5, 5.41) is 6.88. The van der Waals surface area contributed by atoms with Crippen molar-refractivity contribution in [1.29, 1.82) is 0 Å². The Kier molecular flexibility index (Phi) is 6.02. The third-order valence-electron chi connectivity index (χ3n) is 3.49. The van der Waals surface area contributed by atoms with Crippen LogP contribution in [0.5, 0.6) is 5.75 Å². The van der Waals surface area contributed by atoms with Gasteiger partial charge in [-0.05, 0) is 43.0 Å². The zero-order valence-electron chi connectivity index (χ0n) is 13.7. The first-order valence-corrected chi connectivity index (χ1v) is 8.32. The van der Waals surface area contributed by atoms with E-state index in [0.29, 0.717) is 5.75 Å². The molecule has 0 amide bonds. The first-order valence-electron chi connectivity index (χ1n) is 7.51. The first-order chi connectivity index (χ1) is 11.8. The van der Waals surface area contributed by atoms with Crippen LogP contribution in [-0.2, 0) is 15.1 Å². The molecule has 2 aromatic carbocycles. The van der Waals surface area contributed by atoms with Crippen molar-refractivity contribution in [3.05, 3.63) is 60.2 Å². The summed E-state index contributed by atoms with van der Waals surface area (Å²) in [6.07, 6.45) is 0. The van der Waals surface area contributed by atoms with Gasteiger partial charge in [-0.2, -0.15) is 8.78 Å². The van der Waals surface area contributed by atoms with Gasteiger partial charge in [-0.25, -0.2) is 4.79 Å². The van der Waals surface area contributed by atoms with E-state index in [1.54, 1.807) is 18.2 Å².